The van der Waals surface area contributed by atoms with Crippen LogP contribution in [-0.2, 0) is 24.8 Å². The van der Waals surface area contributed by atoms with Crippen molar-refractivity contribution in [1.29, 1.82) is 0 Å². The number of methoxy groups -OCH3 is 1. The molecular weight excluding hydrogens is 454 g/mol. The van der Waals surface area contributed by atoms with Gasteiger partial charge in [0.05, 0.1) is 23.9 Å². The van der Waals surface area contributed by atoms with Crippen molar-refractivity contribution in [1.82, 2.24) is 4.31 Å². The predicted octanol–water partition coefficient (Wildman–Crippen LogP) is 2.27. The number of hydrogen-bond donors (Lipinski definition) is 1. The summed E-state index contributed by atoms with van der Waals surface area (Å²) in [5, 5.41) is 2.66. The Balaban J connectivity index is 1.77. The lowest BCUT2D eigenvalue weighted by Crippen LogP contribution is -2.45. The molecule has 2 aromatic rings. The SMILES string of the molecule is COc1ccc(N([C@@H](C)C(=O)Nc2ccc(S(=O)(=O)N3CCCC3)cc2)S(C)(=O)=O)cc1. The number of benzene rings is 2. The number of nitrogens with zero attached hydrogens (tertiary/aromatic N) is 2. The van der Waals surface area contributed by atoms with Gasteiger partial charge in [-0.05, 0) is 68.3 Å². The lowest BCUT2D eigenvalue weighted by molar-refractivity contribution is -0.116. The quantitative estimate of drug-likeness (QED) is 0.619. The molecule has 0 aromatic heterocycles. The highest BCUT2D eigenvalue weighted by atomic mass is 32.2. The van der Waals surface area contributed by atoms with Crippen molar-refractivity contribution in [2.75, 3.05) is 36.1 Å². The van der Waals surface area contributed by atoms with Crippen molar-refractivity contribution >= 4 is 37.3 Å². The molecule has 1 aliphatic rings. The summed E-state index contributed by atoms with van der Waals surface area (Å²) in [6.45, 7) is 2.49. The fourth-order valence-electron chi connectivity index (χ4n) is 3.57. The lowest BCUT2D eigenvalue weighted by atomic mass is 10.2. The van der Waals surface area contributed by atoms with Crippen LogP contribution < -0.4 is 14.4 Å². The minimum Gasteiger partial charge on any atom is -0.497 e. The van der Waals surface area contributed by atoms with E-state index in [9.17, 15) is 21.6 Å². The topological polar surface area (TPSA) is 113 Å². The van der Waals surface area contributed by atoms with Crippen LogP contribution in [0.1, 0.15) is 19.8 Å². The smallest absolute Gasteiger partial charge is 0.247 e. The van der Waals surface area contributed by atoms with Crippen LogP contribution in [0.2, 0.25) is 0 Å². The van der Waals surface area contributed by atoms with E-state index in [-0.39, 0.29) is 4.90 Å². The van der Waals surface area contributed by atoms with Gasteiger partial charge in [-0.25, -0.2) is 16.8 Å². The second-order valence-electron chi connectivity index (χ2n) is 7.56. The maximum Gasteiger partial charge on any atom is 0.247 e. The zero-order valence-electron chi connectivity index (χ0n) is 18.2. The summed E-state index contributed by atoms with van der Waals surface area (Å²) in [5.74, 6) is 0.00433. The molecule has 1 aliphatic heterocycles. The monoisotopic (exact) mass is 481 g/mol. The van der Waals surface area contributed by atoms with Crippen LogP contribution in [0.15, 0.2) is 53.4 Å². The van der Waals surface area contributed by atoms with Crippen LogP contribution in [0.5, 0.6) is 5.75 Å². The Morgan fingerprint density at radius 2 is 1.56 bits per heavy atom. The number of rotatable bonds is 8. The van der Waals surface area contributed by atoms with Crippen molar-refractivity contribution < 1.29 is 26.4 Å². The Morgan fingerprint density at radius 1 is 1.00 bits per heavy atom. The first-order valence-electron chi connectivity index (χ1n) is 10.1. The van der Waals surface area contributed by atoms with E-state index >= 15 is 0 Å². The summed E-state index contributed by atoms with van der Waals surface area (Å²) in [7, 11) is -5.81. The van der Waals surface area contributed by atoms with Gasteiger partial charge in [0.1, 0.15) is 11.8 Å². The van der Waals surface area contributed by atoms with E-state index in [4.69, 9.17) is 4.74 Å². The molecule has 0 saturated carbocycles. The van der Waals surface area contributed by atoms with Crippen LogP contribution in [0.25, 0.3) is 0 Å². The maximum atomic E-state index is 12.8. The molecule has 3 rings (SSSR count). The summed E-state index contributed by atoms with van der Waals surface area (Å²) in [6, 6.07) is 11.1. The van der Waals surface area contributed by atoms with Crippen LogP contribution in [-0.4, -0.2) is 59.5 Å². The van der Waals surface area contributed by atoms with Crippen molar-refractivity contribution in [2.24, 2.45) is 0 Å². The molecule has 1 heterocycles. The van der Waals surface area contributed by atoms with Gasteiger partial charge in [0.25, 0.3) is 0 Å². The first-order chi connectivity index (χ1) is 15.0. The second kappa shape index (κ2) is 9.47. The second-order valence-corrected chi connectivity index (χ2v) is 11.4. The van der Waals surface area contributed by atoms with Gasteiger partial charge in [0, 0.05) is 18.8 Å². The average molecular weight is 482 g/mol. The van der Waals surface area contributed by atoms with Gasteiger partial charge in [0.15, 0.2) is 0 Å². The van der Waals surface area contributed by atoms with Gasteiger partial charge >= 0.3 is 0 Å². The molecule has 0 spiro atoms. The van der Waals surface area contributed by atoms with Crippen molar-refractivity contribution in [3.8, 4) is 5.75 Å². The molecule has 1 saturated heterocycles. The van der Waals surface area contributed by atoms with E-state index in [0.717, 1.165) is 23.4 Å². The van der Waals surface area contributed by atoms with Crippen LogP contribution in [0.3, 0.4) is 0 Å². The minimum absolute atomic E-state index is 0.154. The van der Waals surface area contributed by atoms with E-state index < -0.39 is 32.0 Å². The molecule has 0 bridgehead atoms. The number of carbonyl (C=O) groups excluding carboxylic acids is 1. The lowest BCUT2D eigenvalue weighted by Gasteiger charge is -2.28. The third-order valence-electron chi connectivity index (χ3n) is 5.24. The summed E-state index contributed by atoms with van der Waals surface area (Å²) in [4.78, 5) is 13.0. The Bertz CT molecular complexity index is 1160. The van der Waals surface area contributed by atoms with Gasteiger partial charge in [-0.3, -0.25) is 9.10 Å². The third kappa shape index (κ3) is 5.22. The highest BCUT2D eigenvalue weighted by molar-refractivity contribution is 7.92. The Morgan fingerprint density at radius 3 is 2.06 bits per heavy atom. The fraction of sp³-hybridized carbons (Fsp3) is 0.381. The fourth-order valence-corrected chi connectivity index (χ4v) is 6.26. The molecular formula is C21H27N3O6S2. The van der Waals surface area contributed by atoms with Gasteiger partial charge in [-0.2, -0.15) is 4.31 Å². The van der Waals surface area contributed by atoms with E-state index in [1.807, 2.05) is 0 Å². The average Bonchev–Trinajstić information content (AvgIpc) is 3.29. The van der Waals surface area contributed by atoms with E-state index in [1.54, 1.807) is 24.3 Å². The number of ether oxygens (including phenoxy) is 1. The van der Waals surface area contributed by atoms with Crippen molar-refractivity contribution in [3.05, 3.63) is 48.5 Å². The first-order valence-corrected chi connectivity index (χ1v) is 13.4. The minimum atomic E-state index is -3.76. The number of carbonyl (C=O) groups is 1. The van der Waals surface area contributed by atoms with Crippen molar-refractivity contribution in [2.45, 2.75) is 30.7 Å². The number of anilines is 2. The van der Waals surface area contributed by atoms with Gasteiger partial charge in [-0.15, -0.1) is 0 Å². The molecule has 174 valence electrons. The first kappa shape index (κ1) is 24.0. The molecule has 0 unspecified atom stereocenters. The number of amides is 1. The molecule has 9 nitrogen and oxygen atoms in total. The molecule has 0 aliphatic carbocycles. The highest BCUT2D eigenvalue weighted by Gasteiger charge is 2.30. The highest BCUT2D eigenvalue weighted by Crippen LogP contribution is 2.25. The third-order valence-corrected chi connectivity index (χ3v) is 8.39. The molecule has 1 fully saturated rings. The van der Waals surface area contributed by atoms with Crippen LogP contribution >= 0.6 is 0 Å². The zero-order chi connectivity index (χ0) is 23.5. The molecule has 1 atom stereocenters. The Kier molecular flexibility index (Phi) is 7.11. The molecule has 0 radical (unpaired) electrons. The zero-order valence-corrected chi connectivity index (χ0v) is 19.8. The van der Waals surface area contributed by atoms with Crippen LogP contribution in [0.4, 0.5) is 11.4 Å². The normalized spacial score (nSPS) is 15.8. The number of nitrogens with one attached hydrogen (secondary N) is 1. The molecule has 1 amide bonds. The molecule has 2 aromatic carbocycles. The summed E-state index contributed by atoms with van der Waals surface area (Å²) >= 11 is 0. The Labute approximate surface area is 189 Å². The molecule has 32 heavy (non-hydrogen) atoms. The number of sulfonamides is 2. The van der Waals surface area contributed by atoms with Gasteiger partial charge < -0.3 is 10.1 Å². The predicted molar refractivity (Wildman–Crippen MR) is 123 cm³/mol. The van der Waals surface area contributed by atoms with Gasteiger partial charge in [0.2, 0.25) is 26.0 Å². The summed E-state index contributed by atoms with van der Waals surface area (Å²) < 4.78 is 57.6. The van der Waals surface area contributed by atoms with Crippen molar-refractivity contribution in [3.63, 3.8) is 0 Å². The largest absolute Gasteiger partial charge is 0.497 e. The number of hydrogen-bond acceptors (Lipinski definition) is 6. The Hall–Kier alpha value is -2.63. The summed E-state index contributed by atoms with van der Waals surface area (Å²) in [6.07, 6.45) is 2.71. The standard InChI is InChI=1S/C21H27N3O6S2/c1-16(24(31(3,26)27)18-8-10-19(30-2)11-9-18)21(25)22-17-6-12-20(13-7-17)32(28,29)23-14-4-5-15-23/h6-13,16H,4-5,14-15H2,1-3H3,(H,22,25)/t16-/m0/s1. The maximum absolute atomic E-state index is 12.8. The van der Waals surface area contributed by atoms with Gasteiger partial charge in [-0.1, -0.05) is 0 Å². The van der Waals surface area contributed by atoms with E-state index in [0.29, 0.717) is 30.2 Å². The van der Waals surface area contributed by atoms with E-state index in [2.05, 4.69) is 5.32 Å². The van der Waals surface area contributed by atoms with E-state index in [1.165, 1.54) is 42.6 Å². The molecule has 11 heteroatoms. The van der Waals surface area contributed by atoms with Crippen LogP contribution in [0, 0.1) is 0 Å². The molecule has 1 N–H and O–H groups in total. The summed E-state index contributed by atoms with van der Waals surface area (Å²) in [5.41, 5.74) is 0.688.